The van der Waals surface area contributed by atoms with Gasteiger partial charge in [-0.05, 0) is 58.2 Å². The Morgan fingerprint density at radius 3 is 2.63 bits per heavy atom. The summed E-state index contributed by atoms with van der Waals surface area (Å²) < 4.78 is 22.2. The Labute approximate surface area is 225 Å². The molecule has 5 N–H and O–H groups in total. The Kier molecular flexibility index (Phi) is 13.1. The molecule has 2 aliphatic rings. The Morgan fingerprint density at radius 2 is 2.00 bits per heavy atom. The lowest BCUT2D eigenvalue weighted by molar-refractivity contribution is -0.143. The zero-order valence-electron chi connectivity index (χ0n) is 22.5. The van der Waals surface area contributed by atoms with Gasteiger partial charge in [0, 0.05) is 25.0 Å². The zero-order chi connectivity index (χ0) is 28.3. The fraction of sp³-hybridized carbons (Fsp3) is 0.667. The molecule has 1 heterocycles. The van der Waals surface area contributed by atoms with Gasteiger partial charge in [-0.1, -0.05) is 49.8 Å². The third kappa shape index (κ3) is 11.6. The van der Waals surface area contributed by atoms with Gasteiger partial charge in [0.1, 0.15) is 17.8 Å². The molecule has 1 aliphatic carbocycles. The molecular weight excluding hydrogens is 513 g/mol. The van der Waals surface area contributed by atoms with Crippen molar-refractivity contribution in [3.8, 4) is 0 Å². The number of ether oxygens (including phenoxy) is 1. The Bertz CT molecular complexity index is 912. The van der Waals surface area contributed by atoms with Crippen LogP contribution < -0.4 is 0 Å². The molecule has 38 heavy (non-hydrogen) atoms. The number of aliphatic hydroxyl groups is 3. The van der Waals surface area contributed by atoms with Crippen LogP contribution in [0.4, 0.5) is 0 Å². The molecule has 11 heteroatoms. The van der Waals surface area contributed by atoms with Gasteiger partial charge < -0.3 is 34.7 Å². The van der Waals surface area contributed by atoms with E-state index in [0.717, 1.165) is 19.3 Å². The molecule has 0 bridgehead atoms. The van der Waals surface area contributed by atoms with Crippen molar-refractivity contribution >= 4 is 13.8 Å². The van der Waals surface area contributed by atoms with Crippen molar-refractivity contribution in [1.82, 2.24) is 4.90 Å². The van der Waals surface area contributed by atoms with Crippen LogP contribution in [-0.4, -0.2) is 86.6 Å². The average Bonchev–Trinajstić information content (AvgIpc) is 2.83. The topological polar surface area (TPSA) is 157 Å². The van der Waals surface area contributed by atoms with Crippen LogP contribution in [0.15, 0.2) is 48.6 Å². The lowest BCUT2D eigenvalue weighted by Crippen LogP contribution is -2.46. The van der Waals surface area contributed by atoms with Gasteiger partial charge in [-0.2, -0.15) is 0 Å². The van der Waals surface area contributed by atoms with Crippen molar-refractivity contribution in [2.75, 3.05) is 20.6 Å². The first-order valence-corrected chi connectivity index (χ1v) is 14.7. The van der Waals surface area contributed by atoms with E-state index in [4.69, 9.17) is 9.26 Å². The number of phosphoric ester groups is 1. The SMILES string of the molecule is CCC1C=CC(=O)OC1C=CC(O)(CCN(C)C)C(CC(O)C=CC=CC1CCCC(O)C1)OP(=O)(O)O. The molecule has 7 atom stereocenters. The summed E-state index contributed by atoms with van der Waals surface area (Å²) in [5, 5.41) is 32.1. The average molecular weight is 558 g/mol. The summed E-state index contributed by atoms with van der Waals surface area (Å²) in [6.07, 6.45) is 13.1. The number of hydrogen-bond acceptors (Lipinski definition) is 8. The van der Waals surface area contributed by atoms with E-state index < -0.39 is 37.7 Å². The molecule has 10 nitrogen and oxygen atoms in total. The Morgan fingerprint density at radius 1 is 1.26 bits per heavy atom. The van der Waals surface area contributed by atoms with Crippen molar-refractivity contribution in [2.24, 2.45) is 11.8 Å². The number of rotatable bonds is 14. The van der Waals surface area contributed by atoms with Crippen LogP contribution in [0.3, 0.4) is 0 Å². The lowest BCUT2D eigenvalue weighted by Gasteiger charge is -2.36. The number of carbonyl (C=O) groups excluding carboxylic acids is 1. The van der Waals surface area contributed by atoms with E-state index in [1.165, 1.54) is 24.3 Å². The van der Waals surface area contributed by atoms with Crippen molar-refractivity contribution in [2.45, 2.75) is 81.9 Å². The normalized spacial score (nSPS) is 28.3. The highest BCUT2D eigenvalue weighted by atomic mass is 31.2. The smallest absolute Gasteiger partial charge is 0.454 e. The summed E-state index contributed by atoms with van der Waals surface area (Å²) in [5.41, 5.74) is -1.89. The highest BCUT2D eigenvalue weighted by molar-refractivity contribution is 7.46. The van der Waals surface area contributed by atoms with Gasteiger partial charge in [-0.15, -0.1) is 0 Å². The number of hydrogen-bond donors (Lipinski definition) is 5. The minimum absolute atomic E-state index is 0.0365. The van der Waals surface area contributed by atoms with Crippen molar-refractivity contribution in [3.05, 3.63) is 48.6 Å². The molecule has 1 aliphatic heterocycles. The molecular formula is C27H44NO9P. The van der Waals surface area contributed by atoms with Gasteiger partial charge in [-0.3, -0.25) is 4.52 Å². The zero-order valence-corrected chi connectivity index (χ0v) is 23.4. The van der Waals surface area contributed by atoms with Crippen LogP contribution in [0.5, 0.6) is 0 Å². The van der Waals surface area contributed by atoms with Crippen LogP contribution in [-0.2, 0) is 18.6 Å². The summed E-state index contributed by atoms with van der Waals surface area (Å²) in [6.45, 7) is 2.28. The minimum Gasteiger partial charge on any atom is -0.454 e. The fourth-order valence-electron chi connectivity index (χ4n) is 4.73. The predicted octanol–water partition coefficient (Wildman–Crippen LogP) is 2.63. The number of cyclic esters (lactones) is 1. The van der Waals surface area contributed by atoms with E-state index in [9.17, 15) is 34.5 Å². The number of allylic oxidation sites excluding steroid dienone is 3. The second kappa shape index (κ2) is 15.2. The van der Waals surface area contributed by atoms with E-state index in [2.05, 4.69) is 0 Å². The van der Waals surface area contributed by atoms with E-state index in [1.54, 1.807) is 37.2 Å². The van der Waals surface area contributed by atoms with Crippen LogP contribution in [0, 0.1) is 11.8 Å². The minimum atomic E-state index is -5.04. The summed E-state index contributed by atoms with van der Waals surface area (Å²) in [7, 11) is -1.46. The molecule has 2 rings (SSSR count). The largest absolute Gasteiger partial charge is 0.469 e. The molecule has 1 saturated carbocycles. The molecule has 0 amide bonds. The van der Waals surface area contributed by atoms with E-state index >= 15 is 0 Å². The Balaban J connectivity index is 2.22. The van der Waals surface area contributed by atoms with Crippen molar-refractivity contribution < 1.29 is 43.7 Å². The summed E-state index contributed by atoms with van der Waals surface area (Å²) in [5.74, 6) is -0.377. The summed E-state index contributed by atoms with van der Waals surface area (Å²) >= 11 is 0. The molecule has 0 radical (unpaired) electrons. The van der Waals surface area contributed by atoms with Gasteiger partial charge >= 0.3 is 13.8 Å². The second-order valence-corrected chi connectivity index (χ2v) is 11.7. The number of carbonyl (C=O) groups is 1. The summed E-state index contributed by atoms with van der Waals surface area (Å²) in [4.78, 5) is 32.8. The highest BCUT2D eigenvalue weighted by Gasteiger charge is 2.41. The molecule has 0 aromatic carbocycles. The third-order valence-electron chi connectivity index (χ3n) is 6.95. The van der Waals surface area contributed by atoms with E-state index in [1.807, 2.05) is 13.0 Å². The van der Waals surface area contributed by atoms with Gasteiger partial charge in [-0.25, -0.2) is 9.36 Å². The van der Waals surface area contributed by atoms with Crippen LogP contribution in [0.25, 0.3) is 0 Å². The quantitative estimate of drug-likeness (QED) is 0.0931. The first kappa shape index (κ1) is 32.6. The molecule has 0 spiro atoms. The molecule has 0 aromatic rings. The van der Waals surface area contributed by atoms with Crippen LogP contribution in [0.1, 0.15) is 51.9 Å². The van der Waals surface area contributed by atoms with Gasteiger partial charge in [0.15, 0.2) is 0 Å². The van der Waals surface area contributed by atoms with Crippen molar-refractivity contribution in [1.29, 1.82) is 0 Å². The van der Waals surface area contributed by atoms with Gasteiger partial charge in [0.2, 0.25) is 0 Å². The van der Waals surface area contributed by atoms with E-state index in [0.29, 0.717) is 19.4 Å². The molecule has 7 unspecified atom stereocenters. The van der Waals surface area contributed by atoms with E-state index in [-0.39, 0.29) is 30.8 Å². The fourth-order valence-corrected chi connectivity index (χ4v) is 5.33. The molecule has 0 aromatic heterocycles. The maximum Gasteiger partial charge on any atom is 0.469 e. The maximum atomic E-state index is 11.8. The van der Waals surface area contributed by atoms with Crippen LogP contribution >= 0.6 is 7.82 Å². The number of aliphatic hydroxyl groups excluding tert-OH is 2. The monoisotopic (exact) mass is 557 g/mol. The van der Waals surface area contributed by atoms with Gasteiger partial charge in [0.05, 0.1) is 12.2 Å². The van der Waals surface area contributed by atoms with Gasteiger partial charge in [0.25, 0.3) is 0 Å². The lowest BCUT2D eigenvalue weighted by atomic mass is 9.86. The number of esters is 1. The van der Waals surface area contributed by atoms with Crippen molar-refractivity contribution in [3.63, 3.8) is 0 Å². The van der Waals surface area contributed by atoms with Crippen LogP contribution in [0.2, 0.25) is 0 Å². The molecule has 1 fully saturated rings. The Hall–Kier alpha value is -1.62. The molecule has 0 saturated heterocycles. The first-order chi connectivity index (χ1) is 17.8. The first-order valence-electron chi connectivity index (χ1n) is 13.2. The maximum absolute atomic E-state index is 11.8. The standard InChI is InChI=1S/C27H44NO9P/c1-4-21-12-13-26(31)36-24(21)14-15-27(32,16-17-28(2)3)25(37-38(33,34)35)19-23(30)10-6-5-8-20-9-7-11-22(29)18-20/h5-6,8,10,12-15,20-25,29-30,32H,4,7,9,11,16-19H2,1-3H3,(H2,33,34,35). The summed E-state index contributed by atoms with van der Waals surface area (Å²) in [6, 6.07) is 0. The number of nitrogens with zero attached hydrogens (tertiary/aromatic N) is 1. The predicted molar refractivity (Wildman–Crippen MR) is 144 cm³/mol. The number of phosphoric acid groups is 1. The third-order valence-corrected chi connectivity index (χ3v) is 7.48. The second-order valence-electron chi connectivity index (χ2n) is 10.5. The highest BCUT2D eigenvalue weighted by Crippen LogP contribution is 2.42. The molecule has 216 valence electrons.